The fourth-order valence-electron chi connectivity index (χ4n) is 4.04. The van der Waals surface area contributed by atoms with Crippen molar-refractivity contribution in [3.8, 4) is 0 Å². The fourth-order valence-corrected chi connectivity index (χ4v) is 4.21. The summed E-state index contributed by atoms with van der Waals surface area (Å²) in [4.78, 5) is 18.5. The average molecular weight is 465 g/mol. The minimum absolute atomic E-state index is 0.0240. The molecule has 0 bridgehead atoms. The lowest BCUT2D eigenvalue weighted by molar-refractivity contribution is -0.231. The quantitative estimate of drug-likeness (QED) is 0.400. The molecule has 1 aliphatic heterocycles. The number of aromatic nitrogens is 1. The average Bonchev–Trinajstić information content (AvgIpc) is 2.76. The Hall–Kier alpha value is -1.97. The zero-order chi connectivity index (χ0) is 23.1. The number of anilines is 1. The first-order chi connectivity index (χ1) is 15.3. The SMILES string of the molecule is CC1C[C@H](N(C)CCCNC(=O)CCCNc2ccnc3cc(Cl)ccc23)[C@@H](O)[C@H](O)O1. The van der Waals surface area contributed by atoms with Gasteiger partial charge in [0.2, 0.25) is 5.91 Å². The maximum absolute atomic E-state index is 12.1. The van der Waals surface area contributed by atoms with Crippen LogP contribution in [0, 0.1) is 0 Å². The summed E-state index contributed by atoms with van der Waals surface area (Å²) >= 11 is 6.03. The molecule has 4 atom stereocenters. The summed E-state index contributed by atoms with van der Waals surface area (Å²) in [5.74, 6) is 0.0240. The normalized spacial score (nSPS) is 23.4. The van der Waals surface area contributed by atoms with Crippen LogP contribution in [0.25, 0.3) is 10.9 Å². The van der Waals surface area contributed by atoms with E-state index in [9.17, 15) is 15.0 Å². The van der Waals surface area contributed by atoms with Gasteiger partial charge in [-0.3, -0.25) is 9.78 Å². The maximum atomic E-state index is 12.1. The number of fused-ring (bicyclic) bond motifs is 1. The highest BCUT2D eigenvalue weighted by molar-refractivity contribution is 6.31. The number of aliphatic hydroxyl groups excluding tert-OH is 2. The molecule has 0 spiro atoms. The topological polar surface area (TPSA) is 107 Å². The van der Waals surface area contributed by atoms with Gasteiger partial charge in [-0.2, -0.15) is 0 Å². The first kappa shape index (κ1) is 24.7. The van der Waals surface area contributed by atoms with Gasteiger partial charge in [0.15, 0.2) is 6.29 Å². The molecular weight excluding hydrogens is 432 g/mol. The molecule has 1 fully saturated rings. The Kier molecular flexibility index (Phi) is 9.07. The lowest BCUT2D eigenvalue weighted by atomic mass is 9.99. The minimum atomic E-state index is -1.15. The van der Waals surface area contributed by atoms with E-state index in [1.807, 2.05) is 43.1 Å². The number of pyridine rings is 1. The smallest absolute Gasteiger partial charge is 0.220 e. The van der Waals surface area contributed by atoms with E-state index >= 15 is 0 Å². The molecular formula is C23H33ClN4O4. The maximum Gasteiger partial charge on any atom is 0.220 e. The zero-order valence-electron chi connectivity index (χ0n) is 18.6. The molecule has 0 saturated carbocycles. The summed E-state index contributed by atoms with van der Waals surface area (Å²) in [7, 11) is 1.92. The molecule has 1 unspecified atom stereocenters. The van der Waals surface area contributed by atoms with Crippen molar-refractivity contribution in [2.75, 3.05) is 32.0 Å². The number of aliphatic hydroxyl groups is 2. The van der Waals surface area contributed by atoms with Crippen molar-refractivity contribution in [1.29, 1.82) is 0 Å². The molecule has 1 saturated heterocycles. The van der Waals surface area contributed by atoms with Crippen molar-refractivity contribution < 1.29 is 19.7 Å². The first-order valence-electron chi connectivity index (χ1n) is 11.1. The summed E-state index contributed by atoms with van der Waals surface area (Å²) in [6.45, 7) is 3.85. The standard InChI is InChI=1S/C23H33ClN4O4/c1-15-13-20(22(30)23(31)32-15)28(2)12-4-10-27-21(29)5-3-9-25-18-8-11-26-19-14-16(24)6-7-17(18)19/h6-8,11,14-15,20,22-23,30-31H,3-5,9-10,12-13H2,1-2H3,(H,25,26)(H,27,29)/t15?,20-,22+,23+/m0/s1. The molecule has 1 aromatic carbocycles. The van der Waals surface area contributed by atoms with Crippen LogP contribution in [0.4, 0.5) is 5.69 Å². The lowest BCUT2D eigenvalue weighted by Gasteiger charge is -2.40. The van der Waals surface area contributed by atoms with Gasteiger partial charge in [-0.1, -0.05) is 11.6 Å². The number of likely N-dealkylation sites (N-methyl/N-ethyl adjacent to an activating group) is 1. The third-order valence-electron chi connectivity index (χ3n) is 5.81. The van der Waals surface area contributed by atoms with E-state index in [1.54, 1.807) is 6.20 Å². The number of halogens is 1. The number of hydrogen-bond donors (Lipinski definition) is 4. The van der Waals surface area contributed by atoms with E-state index in [-0.39, 0.29) is 18.1 Å². The zero-order valence-corrected chi connectivity index (χ0v) is 19.4. The highest BCUT2D eigenvalue weighted by Gasteiger charge is 2.36. The highest BCUT2D eigenvalue weighted by atomic mass is 35.5. The van der Waals surface area contributed by atoms with E-state index in [1.165, 1.54) is 0 Å². The van der Waals surface area contributed by atoms with Crippen molar-refractivity contribution in [3.05, 3.63) is 35.5 Å². The third kappa shape index (κ3) is 6.76. The summed E-state index contributed by atoms with van der Waals surface area (Å²) in [5, 5.41) is 27.9. The van der Waals surface area contributed by atoms with Crippen LogP contribution in [0.5, 0.6) is 0 Å². The van der Waals surface area contributed by atoms with Crippen LogP contribution in [-0.2, 0) is 9.53 Å². The van der Waals surface area contributed by atoms with Crippen molar-refractivity contribution in [2.45, 2.75) is 57.1 Å². The van der Waals surface area contributed by atoms with Crippen LogP contribution in [0.2, 0.25) is 5.02 Å². The summed E-state index contributed by atoms with van der Waals surface area (Å²) in [5.41, 5.74) is 1.81. The van der Waals surface area contributed by atoms with Crippen LogP contribution >= 0.6 is 11.6 Å². The predicted octanol–water partition coefficient (Wildman–Crippen LogP) is 2.38. The monoisotopic (exact) mass is 464 g/mol. The molecule has 9 heteroatoms. The van der Waals surface area contributed by atoms with Gasteiger partial charge in [0, 0.05) is 47.8 Å². The van der Waals surface area contributed by atoms with Gasteiger partial charge >= 0.3 is 0 Å². The van der Waals surface area contributed by atoms with Gasteiger partial charge in [-0.05, 0) is 64.0 Å². The summed E-state index contributed by atoms with van der Waals surface area (Å²) in [6, 6.07) is 7.38. The number of ether oxygens (including phenoxy) is 1. The fraction of sp³-hybridized carbons (Fsp3) is 0.565. The molecule has 32 heavy (non-hydrogen) atoms. The second kappa shape index (κ2) is 11.8. The highest BCUT2D eigenvalue weighted by Crippen LogP contribution is 2.24. The molecule has 2 heterocycles. The Morgan fingerprint density at radius 1 is 1.28 bits per heavy atom. The number of rotatable bonds is 10. The van der Waals surface area contributed by atoms with Gasteiger partial charge < -0.3 is 30.5 Å². The second-order valence-corrected chi connectivity index (χ2v) is 8.80. The Labute approximate surface area is 193 Å². The minimum Gasteiger partial charge on any atom is -0.386 e. The number of benzene rings is 1. The van der Waals surface area contributed by atoms with Crippen LogP contribution in [-0.4, -0.2) is 77.2 Å². The number of carbonyl (C=O) groups is 1. The third-order valence-corrected chi connectivity index (χ3v) is 6.04. The summed E-state index contributed by atoms with van der Waals surface area (Å²) in [6.07, 6.45) is 2.15. The Bertz CT molecular complexity index is 899. The Morgan fingerprint density at radius 2 is 2.09 bits per heavy atom. The molecule has 3 rings (SSSR count). The molecule has 0 aliphatic carbocycles. The number of nitrogens with one attached hydrogen (secondary N) is 2. The van der Waals surface area contributed by atoms with Gasteiger partial charge in [0.05, 0.1) is 11.6 Å². The lowest BCUT2D eigenvalue weighted by Crippen LogP contribution is -2.54. The van der Waals surface area contributed by atoms with E-state index in [4.69, 9.17) is 16.3 Å². The van der Waals surface area contributed by atoms with Gasteiger partial charge in [0.1, 0.15) is 6.10 Å². The molecule has 8 nitrogen and oxygen atoms in total. The number of carbonyl (C=O) groups excluding carboxylic acids is 1. The van der Waals surface area contributed by atoms with Crippen LogP contribution in [0.1, 0.15) is 32.6 Å². The molecule has 2 aromatic rings. The van der Waals surface area contributed by atoms with E-state index in [0.29, 0.717) is 43.9 Å². The van der Waals surface area contributed by atoms with Gasteiger partial charge in [0.25, 0.3) is 0 Å². The van der Waals surface area contributed by atoms with Crippen molar-refractivity contribution in [1.82, 2.24) is 15.2 Å². The molecule has 1 amide bonds. The number of nitrogens with zero attached hydrogens (tertiary/aromatic N) is 2. The van der Waals surface area contributed by atoms with Crippen molar-refractivity contribution in [2.24, 2.45) is 0 Å². The van der Waals surface area contributed by atoms with Gasteiger partial charge in [-0.25, -0.2) is 0 Å². The van der Waals surface area contributed by atoms with E-state index < -0.39 is 12.4 Å². The van der Waals surface area contributed by atoms with Gasteiger partial charge in [-0.15, -0.1) is 0 Å². The van der Waals surface area contributed by atoms with Crippen LogP contribution < -0.4 is 10.6 Å². The van der Waals surface area contributed by atoms with Crippen LogP contribution in [0.3, 0.4) is 0 Å². The second-order valence-electron chi connectivity index (χ2n) is 8.37. The number of amides is 1. The first-order valence-corrected chi connectivity index (χ1v) is 11.5. The van der Waals surface area contributed by atoms with E-state index in [0.717, 1.165) is 23.0 Å². The Balaban J connectivity index is 1.31. The van der Waals surface area contributed by atoms with Crippen molar-refractivity contribution in [3.63, 3.8) is 0 Å². The Morgan fingerprint density at radius 3 is 2.91 bits per heavy atom. The largest absolute Gasteiger partial charge is 0.386 e. The predicted molar refractivity (Wildman–Crippen MR) is 126 cm³/mol. The molecule has 0 radical (unpaired) electrons. The van der Waals surface area contributed by atoms with Crippen LogP contribution in [0.15, 0.2) is 30.5 Å². The summed E-state index contributed by atoms with van der Waals surface area (Å²) < 4.78 is 5.24. The molecule has 1 aromatic heterocycles. The molecule has 1 aliphatic rings. The molecule has 4 N–H and O–H groups in total. The number of hydrogen-bond acceptors (Lipinski definition) is 7. The van der Waals surface area contributed by atoms with Crippen molar-refractivity contribution >= 4 is 34.1 Å². The van der Waals surface area contributed by atoms with E-state index in [2.05, 4.69) is 15.6 Å². The molecule has 176 valence electrons.